The molecular formula is C33H38O23. The van der Waals surface area contributed by atoms with Crippen molar-refractivity contribution in [3.63, 3.8) is 0 Å². The van der Waals surface area contributed by atoms with E-state index in [9.17, 15) is 81.1 Å². The van der Waals surface area contributed by atoms with Crippen molar-refractivity contribution < 1.29 is 109 Å². The maximum Gasteiger partial charge on any atom is 0.343 e. The van der Waals surface area contributed by atoms with Crippen LogP contribution in [0.4, 0.5) is 0 Å². The number of benzene rings is 2. The van der Waals surface area contributed by atoms with Crippen LogP contribution in [0.25, 0.3) is 22.3 Å². The number of aromatic hydroxyl groups is 2. The molecule has 6 rings (SSSR count). The largest absolute Gasteiger partial charge is 0.508 e. The highest BCUT2D eigenvalue weighted by Crippen LogP contribution is 2.46. The Morgan fingerprint density at radius 3 is 1.70 bits per heavy atom. The lowest BCUT2D eigenvalue weighted by Gasteiger charge is -2.40. The van der Waals surface area contributed by atoms with Gasteiger partial charge in [0.25, 0.3) is 0 Å². The van der Waals surface area contributed by atoms with Gasteiger partial charge in [-0.2, -0.15) is 0 Å². The van der Waals surface area contributed by atoms with Crippen LogP contribution in [-0.2, 0) is 19.0 Å². The number of phenolic OH excluding ortho intramolecular Hbond substituents is 2. The highest BCUT2D eigenvalue weighted by atomic mass is 16.7. The van der Waals surface area contributed by atoms with Crippen LogP contribution in [0.3, 0.4) is 0 Å². The molecule has 15 atom stereocenters. The molecule has 3 fully saturated rings. The molecule has 0 aliphatic carbocycles. The van der Waals surface area contributed by atoms with Gasteiger partial charge in [0, 0.05) is 11.6 Å². The van der Waals surface area contributed by atoms with Gasteiger partial charge in [0.1, 0.15) is 83.9 Å². The van der Waals surface area contributed by atoms with Crippen LogP contribution >= 0.6 is 0 Å². The van der Waals surface area contributed by atoms with E-state index in [1.54, 1.807) is 0 Å². The average molecular weight is 803 g/mol. The molecule has 15 unspecified atom stereocenters. The summed E-state index contributed by atoms with van der Waals surface area (Å²) in [4.78, 5) is 27.7. The average Bonchev–Trinajstić information content (AvgIpc) is 3.17. The van der Waals surface area contributed by atoms with Gasteiger partial charge >= 0.3 is 5.97 Å². The van der Waals surface area contributed by atoms with Gasteiger partial charge in [0.05, 0.1) is 13.2 Å². The van der Waals surface area contributed by atoms with E-state index in [1.807, 2.05) is 0 Å². The Balaban J connectivity index is 1.52. The number of fused-ring (bicyclic) bond motifs is 1. The second kappa shape index (κ2) is 16.3. The Kier molecular flexibility index (Phi) is 12.0. The molecule has 0 radical (unpaired) electrons. The maximum atomic E-state index is 14.3. The van der Waals surface area contributed by atoms with Gasteiger partial charge in [0.15, 0.2) is 29.7 Å². The first-order valence-corrected chi connectivity index (χ1v) is 16.7. The summed E-state index contributed by atoms with van der Waals surface area (Å²) in [6, 6.07) is 5.52. The number of hydrogen-bond donors (Lipinski definition) is 14. The quantitative estimate of drug-likeness (QED) is 0.0707. The fourth-order valence-electron chi connectivity index (χ4n) is 6.16. The van der Waals surface area contributed by atoms with Gasteiger partial charge in [-0.15, -0.1) is 0 Å². The predicted molar refractivity (Wildman–Crippen MR) is 175 cm³/mol. The summed E-state index contributed by atoms with van der Waals surface area (Å²) in [6.45, 7) is -1.82. The second-order valence-electron chi connectivity index (χ2n) is 13.0. The van der Waals surface area contributed by atoms with Gasteiger partial charge < -0.3 is 104 Å². The normalized spacial score (nSPS) is 36.2. The van der Waals surface area contributed by atoms with Crippen LogP contribution in [0.2, 0.25) is 0 Å². The summed E-state index contributed by atoms with van der Waals surface area (Å²) in [6.07, 6.45) is -30.0. The smallest absolute Gasteiger partial charge is 0.343 e. The van der Waals surface area contributed by atoms with E-state index in [4.69, 9.17) is 32.8 Å². The molecule has 0 amide bonds. The summed E-state index contributed by atoms with van der Waals surface area (Å²) in [7, 11) is 0. The molecule has 0 spiro atoms. The van der Waals surface area contributed by atoms with Crippen molar-refractivity contribution >= 4 is 16.9 Å². The topological polar surface area (TPSA) is 386 Å². The predicted octanol–water partition coefficient (Wildman–Crippen LogP) is -6.07. The molecule has 3 aliphatic rings. The van der Waals surface area contributed by atoms with Crippen LogP contribution < -0.4 is 19.6 Å². The van der Waals surface area contributed by atoms with Crippen LogP contribution in [0.5, 0.6) is 28.7 Å². The Morgan fingerprint density at radius 1 is 0.643 bits per heavy atom. The Hall–Kier alpha value is -4.28. The van der Waals surface area contributed by atoms with Crippen LogP contribution in [-0.4, -0.2) is 183 Å². The van der Waals surface area contributed by atoms with Gasteiger partial charge in [-0.3, -0.25) is 4.79 Å². The van der Waals surface area contributed by atoms with Crippen molar-refractivity contribution in [1.29, 1.82) is 0 Å². The van der Waals surface area contributed by atoms with Crippen molar-refractivity contribution in [2.75, 3.05) is 13.2 Å². The Bertz CT molecular complexity index is 1930. The Morgan fingerprint density at radius 2 is 1.16 bits per heavy atom. The van der Waals surface area contributed by atoms with E-state index in [-0.39, 0.29) is 11.3 Å². The Labute approximate surface area is 312 Å². The molecule has 14 N–H and O–H groups in total. The van der Waals surface area contributed by atoms with Crippen LogP contribution in [0, 0.1) is 0 Å². The van der Waals surface area contributed by atoms with E-state index in [0.29, 0.717) is 0 Å². The zero-order valence-corrected chi connectivity index (χ0v) is 28.4. The number of rotatable bonds is 9. The van der Waals surface area contributed by atoms with Gasteiger partial charge in [-0.1, -0.05) is 0 Å². The van der Waals surface area contributed by atoms with E-state index in [2.05, 4.69) is 0 Å². The number of phenols is 2. The maximum absolute atomic E-state index is 14.3. The summed E-state index contributed by atoms with van der Waals surface area (Å²) in [5.41, 5.74) is -1.99. The standard InChI is InChI=1S/C33H38O23/c34-6-12-15(37)19(41)24(46)32(52-12)55-27-11(51-31(49)29-22(44)21(43)23(45)30(48)54-29)5-10-14(17(27)39)18(40)28(26(50-10)8-1-3-9(36)4-2-8)56-33-25(47)20(42)16(38)13(7-35)53-33/h1-5,12-13,15-16,19-25,29-30,32-39,41-48H,6-7H2. The van der Waals surface area contributed by atoms with Crippen molar-refractivity contribution in [3.8, 4) is 40.1 Å². The number of esters is 1. The first kappa shape index (κ1) is 41.4. The lowest BCUT2D eigenvalue weighted by Crippen LogP contribution is -2.60. The van der Waals surface area contributed by atoms with Crippen molar-refractivity contribution in [1.82, 2.24) is 0 Å². The molecule has 3 aliphatic heterocycles. The molecular weight excluding hydrogens is 764 g/mol. The van der Waals surface area contributed by atoms with Crippen LogP contribution in [0.15, 0.2) is 39.5 Å². The fourth-order valence-corrected chi connectivity index (χ4v) is 6.16. The molecule has 3 saturated heterocycles. The first-order chi connectivity index (χ1) is 26.5. The fraction of sp³-hybridized carbons (Fsp3) is 0.515. The van der Waals surface area contributed by atoms with Crippen LogP contribution in [0.1, 0.15) is 0 Å². The minimum absolute atomic E-state index is 0.0265. The van der Waals surface area contributed by atoms with Gasteiger partial charge in [-0.25, -0.2) is 4.79 Å². The molecule has 0 bridgehead atoms. The SMILES string of the molecule is O=C(Oc1cc2oc(-c3ccc(O)cc3)c(OC3OC(CO)C(O)C(O)C3O)c(=O)c2c(O)c1OC1OC(CO)C(O)C(O)C1O)C1OC(O)C(O)C(O)C1O. The lowest BCUT2D eigenvalue weighted by atomic mass is 9.99. The third kappa shape index (κ3) is 7.47. The zero-order chi connectivity index (χ0) is 40.9. The molecule has 23 nitrogen and oxygen atoms in total. The molecule has 308 valence electrons. The molecule has 0 saturated carbocycles. The number of aliphatic hydroxyl groups excluding tert-OH is 12. The van der Waals surface area contributed by atoms with E-state index in [0.717, 1.165) is 18.2 Å². The minimum atomic E-state index is -2.23. The van der Waals surface area contributed by atoms with Crippen molar-refractivity contribution in [3.05, 3.63) is 40.6 Å². The summed E-state index contributed by atoms with van der Waals surface area (Å²) < 4.78 is 38.1. The van der Waals surface area contributed by atoms with E-state index < -0.39 is 156 Å². The zero-order valence-electron chi connectivity index (χ0n) is 28.4. The molecule has 23 heteroatoms. The minimum Gasteiger partial charge on any atom is -0.508 e. The number of hydrogen-bond acceptors (Lipinski definition) is 23. The van der Waals surface area contributed by atoms with E-state index >= 15 is 0 Å². The van der Waals surface area contributed by atoms with Gasteiger partial charge in [0.2, 0.25) is 29.5 Å². The van der Waals surface area contributed by atoms with Gasteiger partial charge in [-0.05, 0) is 24.3 Å². The van der Waals surface area contributed by atoms with Crippen molar-refractivity contribution in [2.45, 2.75) is 92.1 Å². The molecule has 1 aromatic heterocycles. The number of ether oxygens (including phenoxy) is 6. The highest BCUT2D eigenvalue weighted by molar-refractivity contribution is 5.92. The molecule has 56 heavy (non-hydrogen) atoms. The lowest BCUT2D eigenvalue weighted by molar-refractivity contribution is -0.280. The summed E-state index contributed by atoms with van der Waals surface area (Å²) in [5, 5.41) is 143. The molecule has 4 heterocycles. The monoisotopic (exact) mass is 802 g/mol. The molecule has 2 aromatic carbocycles. The molecule has 3 aromatic rings. The first-order valence-electron chi connectivity index (χ1n) is 16.7. The number of carbonyl (C=O) groups is 1. The highest BCUT2D eigenvalue weighted by Gasteiger charge is 2.49. The number of carbonyl (C=O) groups excluding carboxylic acids is 1. The third-order valence-corrected chi connectivity index (χ3v) is 9.36. The summed E-state index contributed by atoms with van der Waals surface area (Å²) in [5.74, 6) is -6.53. The van der Waals surface area contributed by atoms with E-state index in [1.165, 1.54) is 12.1 Å². The second-order valence-corrected chi connectivity index (χ2v) is 13.0. The summed E-state index contributed by atoms with van der Waals surface area (Å²) >= 11 is 0. The number of aliphatic hydroxyl groups is 12. The van der Waals surface area contributed by atoms with Crippen molar-refractivity contribution in [2.24, 2.45) is 0 Å². The third-order valence-electron chi connectivity index (χ3n) is 9.36.